The quantitative estimate of drug-likeness (QED) is 0.806. The molecule has 0 saturated heterocycles. The highest BCUT2D eigenvalue weighted by atomic mass is 32.1. The highest BCUT2D eigenvalue weighted by Gasteiger charge is 2.26. The third-order valence-electron chi connectivity index (χ3n) is 4.98. The van der Waals surface area contributed by atoms with Crippen molar-refractivity contribution >= 4 is 22.8 Å². The van der Waals surface area contributed by atoms with Gasteiger partial charge in [-0.3, -0.25) is 4.79 Å². The zero-order valence-electron chi connectivity index (χ0n) is 14.6. The molecule has 0 aliphatic heterocycles. The van der Waals surface area contributed by atoms with Crippen molar-refractivity contribution < 1.29 is 9.53 Å². The molecule has 0 radical (unpaired) electrons. The van der Waals surface area contributed by atoms with Crippen molar-refractivity contribution in [2.24, 2.45) is 5.73 Å². The Morgan fingerprint density at radius 1 is 1.12 bits per heavy atom. The number of amides is 1. The number of hydrogen-bond donors (Lipinski definition) is 1. The Bertz CT molecular complexity index is 861. The molecule has 2 N–H and O–H groups in total. The molecule has 5 heteroatoms. The van der Waals surface area contributed by atoms with Crippen LogP contribution in [0.25, 0.3) is 5.57 Å². The van der Waals surface area contributed by atoms with Gasteiger partial charge < -0.3 is 10.5 Å². The number of rotatable bonds is 5. The number of nitrogens with two attached hydrogens (primary N) is 1. The number of benzene rings is 1. The van der Waals surface area contributed by atoms with Crippen molar-refractivity contribution in [1.29, 1.82) is 0 Å². The Balaban J connectivity index is 1.58. The average molecular weight is 366 g/mol. The van der Waals surface area contributed by atoms with Crippen LogP contribution in [0.4, 0.5) is 0 Å². The maximum absolute atomic E-state index is 11.9. The van der Waals surface area contributed by atoms with E-state index in [9.17, 15) is 4.79 Å². The summed E-state index contributed by atoms with van der Waals surface area (Å²) in [6.07, 6.45) is 10.4. The van der Waals surface area contributed by atoms with Crippen LogP contribution in [0.2, 0.25) is 0 Å². The second-order valence-corrected chi connectivity index (χ2v) is 7.85. The summed E-state index contributed by atoms with van der Waals surface area (Å²) in [7, 11) is 0. The fraction of sp³-hybridized carbons (Fsp3) is 0.333. The van der Waals surface area contributed by atoms with E-state index < -0.39 is 0 Å². The van der Waals surface area contributed by atoms with Gasteiger partial charge in [-0.05, 0) is 43.0 Å². The molecule has 134 valence electrons. The molecule has 1 saturated carbocycles. The Hall–Kier alpha value is -2.40. The summed E-state index contributed by atoms with van der Waals surface area (Å²) < 4.78 is 5.91. The van der Waals surface area contributed by atoms with Crippen LogP contribution >= 0.6 is 11.3 Å². The first-order valence-corrected chi connectivity index (χ1v) is 9.96. The fourth-order valence-corrected chi connectivity index (χ4v) is 4.73. The Kier molecular flexibility index (Phi) is 4.89. The van der Waals surface area contributed by atoms with Gasteiger partial charge in [-0.2, -0.15) is 0 Å². The number of carbonyl (C=O) groups excluding carboxylic acids is 1. The monoisotopic (exact) mass is 366 g/mol. The second kappa shape index (κ2) is 7.46. The van der Waals surface area contributed by atoms with Gasteiger partial charge in [0, 0.05) is 12.3 Å². The van der Waals surface area contributed by atoms with E-state index in [2.05, 4.69) is 0 Å². The van der Waals surface area contributed by atoms with Gasteiger partial charge in [-0.1, -0.05) is 37.1 Å². The van der Waals surface area contributed by atoms with Crippen LogP contribution in [-0.4, -0.2) is 10.9 Å². The van der Waals surface area contributed by atoms with Gasteiger partial charge in [0.15, 0.2) is 0 Å². The van der Waals surface area contributed by atoms with Crippen LogP contribution < -0.4 is 10.5 Å². The van der Waals surface area contributed by atoms with Crippen LogP contribution in [0, 0.1) is 0 Å². The number of primary amides is 1. The highest BCUT2D eigenvalue weighted by Crippen LogP contribution is 2.39. The maximum atomic E-state index is 11.9. The van der Waals surface area contributed by atoms with E-state index >= 15 is 0 Å². The topological polar surface area (TPSA) is 65.2 Å². The summed E-state index contributed by atoms with van der Waals surface area (Å²) in [6, 6.07) is 9.77. The predicted octanol–water partition coefficient (Wildman–Crippen LogP) is 5.04. The van der Waals surface area contributed by atoms with E-state index in [-0.39, 0.29) is 5.91 Å². The molecule has 4 rings (SSSR count). The van der Waals surface area contributed by atoms with E-state index in [1.54, 1.807) is 0 Å². The van der Waals surface area contributed by atoms with Crippen LogP contribution in [0.5, 0.6) is 5.75 Å². The zero-order chi connectivity index (χ0) is 17.9. The molecular weight excluding hydrogens is 344 g/mol. The molecule has 0 spiro atoms. The summed E-state index contributed by atoms with van der Waals surface area (Å²) in [6.45, 7) is 0. The third-order valence-corrected chi connectivity index (χ3v) is 6.21. The second-order valence-electron chi connectivity index (χ2n) is 6.82. The fourth-order valence-electron chi connectivity index (χ4n) is 3.61. The molecule has 0 bridgehead atoms. The van der Waals surface area contributed by atoms with Crippen LogP contribution in [-0.2, 0) is 0 Å². The van der Waals surface area contributed by atoms with E-state index in [0.717, 1.165) is 40.6 Å². The molecule has 1 fully saturated rings. The first-order chi connectivity index (χ1) is 12.7. The molecular formula is C21H22N2O2S. The molecule has 1 amide bonds. The lowest BCUT2D eigenvalue weighted by Gasteiger charge is -2.15. The first-order valence-electron chi connectivity index (χ1n) is 9.14. The molecule has 1 aromatic heterocycles. The summed E-state index contributed by atoms with van der Waals surface area (Å²) >= 11 is 1.48. The predicted molar refractivity (Wildman–Crippen MR) is 104 cm³/mol. The van der Waals surface area contributed by atoms with Crippen molar-refractivity contribution in [2.75, 3.05) is 0 Å². The number of nitrogens with zero attached hydrogens (tertiary/aromatic N) is 1. The van der Waals surface area contributed by atoms with Gasteiger partial charge in [0.05, 0.1) is 10.7 Å². The number of ether oxygens (including phenoxy) is 1. The average Bonchev–Trinajstić information content (AvgIpc) is 3.33. The van der Waals surface area contributed by atoms with Crippen LogP contribution in [0.3, 0.4) is 0 Å². The Morgan fingerprint density at radius 3 is 2.54 bits per heavy atom. The van der Waals surface area contributed by atoms with Crippen molar-refractivity contribution in [1.82, 2.24) is 4.98 Å². The molecule has 0 unspecified atom stereocenters. The van der Waals surface area contributed by atoms with Crippen LogP contribution in [0.1, 0.15) is 64.8 Å². The lowest BCUT2D eigenvalue weighted by atomic mass is 9.99. The minimum absolute atomic E-state index is 0.377. The summed E-state index contributed by atoms with van der Waals surface area (Å²) in [5, 5.41) is 1.07. The molecule has 2 aliphatic rings. The van der Waals surface area contributed by atoms with E-state index in [0.29, 0.717) is 10.8 Å². The number of thiazole rings is 1. The van der Waals surface area contributed by atoms with Crippen molar-refractivity contribution in [3.05, 3.63) is 63.8 Å². The summed E-state index contributed by atoms with van der Waals surface area (Å²) in [5.41, 5.74) is 7.47. The molecule has 4 nitrogen and oxygen atoms in total. The molecule has 1 heterocycles. The van der Waals surface area contributed by atoms with Crippen molar-refractivity contribution in [3.63, 3.8) is 0 Å². The number of aromatic nitrogens is 1. The minimum atomic E-state index is -0.377. The standard InChI is InChI=1S/C21H22N2O2S/c22-20(24)19-18(23-21(26-19)15-6-4-5-7-15)14-10-12-17(13-11-14)25-16-8-2-1-3-9-16/h1-3,8-10,12,15H,4-7,11,13H2,(H2,22,24). The summed E-state index contributed by atoms with van der Waals surface area (Å²) in [4.78, 5) is 17.3. The van der Waals surface area contributed by atoms with Gasteiger partial charge in [-0.15, -0.1) is 11.3 Å². The minimum Gasteiger partial charge on any atom is -0.462 e. The molecule has 1 aromatic carbocycles. The Labute approximate surface area is 157 Å². The van der Waals surface area contributed by atoms with Gasteiger partial charge >= 0.3 is 0 Å². The van der Waals surface area contributed by atoms with Crippen molar-refractivity contribution in [3.8, 4) is 5.75 Å². The van der Waals surface area contributed by atoms with E-state index in [1.807, 2.05) is 42.5 Å². The normalized spacial score (nSPS) is 17.7. The largest absolute Gasteiger partial charge is 0.462 e. The molecule has 26 heavy (non-hydrogen) atoms. The van der Waals surface area contributed by atoms with Gasteiger partial charge in [-0.25, -0.2) is 4.98 Å². The Morgan fingerprint density at radius 2 is 1.88 bits per heavy atom. The zero-order valence-corrected chi connectivity index (χ0v) is 15.4. The third kappa shape index (κ3) is 3.58. The highest BCUT2D eigenvalue weighted by molar-refractivity contribution is 7.14. The maximum Gasteiger partial charge on any atom is 0.261 e. The van der Waals surface area contributed by atoms with Gasteiger partial charge in [0.25, 0.3) is 5.91 Å². The first kappa shape index (κ1) is 17.0. The SMILES string of the molecule is NC(=O)c1sc(C2CCCC2)nc1C1=CC=C(Oc2ccccc2)CC1. The molecule has 0 atom stereocenters. The van der Waals surface area contributed by atoms with Crippen molar-refractivity contribution in [2.45, 2.75) is 44.4 Å². The van der Waals surface area contributed by atoms with Crippen LogP contribution in [0.15, 0.2) is 48.2 Å². The number of hydrogen-bond acceptors (Lipinski definition) is 4. The number of para-hydroxylation sites is 1. The smallest absolute Gasteiger partial charge is 0.261 e. The number of carbonyl (C=O) groups is 1. The molecule has 2 aromatic rings. The van der Waals surface area contributed by atoms with E-state index in [1.165, 1.54) is 37.0 Å². The lowest BCUT2D eigenvalue weighted by Crippen LogP contribution is -2.12. The number of allylic oxidation sites excluding steroid dienone is 4. The molecule has 2 aliphatic carbocycles. The van der Waals surface area contributed by atoms with Gasteiger partial charge in [0.2, 0.25) is 0 Å². The van der Waals surface area contributed by atoms with E-state index in [4.69, 9.17) is 15.5 Å². The lowest BCUT2D eigenvalue weighted by molar-refractivity contribution is 0.100. The van der Waals surface area contributed by atoms with Gasteiger partial charge in [0.1, 0.15) is 16.4 Å². The summed E-state index contributed by atoms with van der Waals surface area (Å²) in [5.74, 6) is 1.87.